The number of rotatable bonds is 1. The number of hydrogen-bond donors (Lipinski definition) is 0. The van der Waals surface area contributed by atoms with Crippen molar-refractivity contribution in [3.63, 3.8) is 0 Å². The van der Waals surface area contributed by atoms with Crippen molar-refractivity contribution in [1.82, 2.24) is 0 Å². The minimum absolute atomic E-state index is 0. The van der Waals surface area contributed by atoms with E-state index in [2.05, 4.69) is 38.1 Å². The summed E-state index contributed by atoms with van der Waals surface area (Å²) in [5.74, 6) is 0.685. The van der Waals surface area contributed by atoms with Gasteiger partial charge in [0.05, 0.1) is 0 Å². The van der Waals surface area contributed by atoms with Gasteiger partial charge in [0.1, 0.15) is 0 Å². The summed E-state index contributed by atoms with van der Waals surface area (Å²) in [4.78, 5) is 0. The summed E-state index contributed by atoms with van der Waals surface area (Å²) in [5.41, 5.74) is 1.44. The summed E-state index contributed by atoms with van der Waals surface area (Å²) in [6, 6.07) is 8.47. The van der Waals surface area contributed by atoms with E-state index in [1.54, 1.807) is 0 Å². The van der Waals surface area contributed by atoms with Gasteiger partial charge in [0.2, 0.25) is 0 Å². The Hall–Kier alpha value is 0.0643. The average Bonchev–Trinajstić information content (AvgIpc) is 2.12. The van der Waals surface area contributed by atoms with Crippen LogP contribution in [0.3, 0.4) is 0 Å². The molecule has 0 saturated heterocycles. The van der Waals surface area contributed by atoms with E-state index in [9.17, 15) is 0 Å². The van der Waals surface area contributed by atoms with Crippen LogP contribution in [0.2, 0.25) is 0 Å². The molecule has 0 spiro atoms. The van der Waals surface area contributed by atoms with E-state index in [0.717, 1.165) is 0 Å². The molecule has 9 heavy (non-hydrogen) atoms. The molecule has 1 aromatic rings. The molecule has 48 valence electrons. The van der Waals surface area contributed by atoms with Crippen molar-refractivity contribution in [2.75, 3.05) is 0 Å². The summed E-state index contributed by atoms with van der Waals surface area (Å²) < 4.78 is 0. The molecular formula is C8H11Ti-. The van der Waals surface area contributed by atoms with Crippen LogP contribution in [-0.4, -0.2) is 0 Å². The molecule has 0 saturated carbocycles. The van der Waals surface area contributed by atoms with Gasteiger partial charge >= 0.3 is 0 Å². The Kier molecular flexibility index (Phi) is 4.00. The first-order chi connectivity index (χ1) is 3.80. The molecule has 0 aromatic heterocycles. The Morgan fingerprint density at radius 3 is 1.78 bits per heavy atom. The molecule has 1 aromatic carbocycles. The van der Waals surface area contributed by atoms with Gasteiger partial charge in [0, 0.05) is 21.7 Å². The molecule has 1 heteroatoms. The molecule has 0 N–H and O–H groups in total. The first-order valence-corrected chi connectivity index (χ1v) is 3.02. The zero-order valence-electron chi connectivity index (χ0n) is 5.89. The molecule has 0 unspecified atom stereocenters. The first kappa shape index (κ1) is 9.06. The summed E-state index contributed by atoms with van der Waals surface area (Å²) in [7, 11) is 0. The molecule has 0 aliphatic carbocycles. The van der Waals surface area contributed by atoms with Crippen molar-refractivity contribution in [2.24, 2.45) is 0 Å². The van der Waals surface area contributed by atoms with Gasteiger partial charge in [-0.05, 0) is 0 Å². The average molecular weight is 155 g/mol. The maximum Gasteiger partial charge on any atom is 0 e. The standard InChI is InChI=1S/C8H11.Ti/c1-7(2)8-5-3-4-6-8;/h3-7H,1-2H3;/q-1;. The monoisotopic (exact) mass is 155 g/mol. The molecule has 0 atom stereocenters. The minimum Gasteiger partial charge on any atom is -0.213 e. The fourth-order valence-electron chi connectivity index (χ4n) is 0.774. The fraction of sp³-hybridized carbons (Fsp3) is 0.375. The van der Waals surface area contributed by atoms with Crippen LogP contribution in [-0.2, 0) is 21.7 Å². The van der Waals surface area contributed by atoms with E-state index in [1.165, 1.54) is 5.56 Å². The van der Waals surface area contributed by atoms with E-state index in [4.69, 9.17) is 0 Å². The smallest absolute Gasteiger partial charge is 0 e. The van der Waals surface area contributed by atoms with Crippen LogP contribution in [0.25, 0.3) is 0 Å². The van der Waals surface area contributed by atoms with E-state index in [-0.39, 0.29) is 21.7 Å². The summed E-state index contributed by atoms with van der Waals surface area (Å²) in [6.45, 7) is 4.41. The van der Waals surface area contributed by atoms with Gasteiger partial charge < -0.3 is 0 Å². The Balaban J connectivity index is 0.000000640. The Morgan fingerprint density at radius 1 is 1.11 bits per heavy atom. The summed E-state index contributed by atoms with van der Waals surface area (Å²) in [5, 5.41) is 0. The van der Waals surface area contributed by atoms with Crippen molar-refractivity contribution in [3.8, 4) is 0 Å². The van der Waals surface area contributed by atoms with Crippen LogP contribution in [0.1, 0.15) is 25.3 Å². The summed E-state index contributed by atoms with van der Waals surface area (Å²) >= 11 is 0. The Bertz CT molecular complexity index is 140. The summed E-state index contributed by atoms with van der Waals surface area (Å²) in [6.07, 6.45) is 0. The minimum atomic E-state index is 0. The molecular weight excluding hydrogens is 144 g/mol. The zero-order valence-corrected chi connectivity index (χ0v) is 7.45. The second-order valence-corrected chi connectivity index (χ2v) is 2.37. The van der Waals surface area contributed by atoms with E-state index in [0.29, 0.717) is 5.92 Å². The van der Waals surface area contributed by atoms with Crippen LogP contribution in [0.5, 0.6) is 0 Å². The Morgan fingerprint density at radius 2 is 1.56 bits per heavy atom. The van der Waals surface area contributed by atoms with Crippen LogP contribution in [0.15, 0.2) is 24.3 Å². The third-order valence-electron chi connectivity index (χ3n) is 1.36. The van der Waals surface area contributed by atoms with Gasteiger partial charge in [-0.1, -0.05) is 19.8 Å². The molecule has 1 rings (SSSR count). The van der Waals surface area contributed by atoms with Crippen molar-refractivity contribution in [2.45, 2.75) is 19.8 Å². The maximum atomic E-state index is 2.20. The maximum absolute atomic E-state index is 2.20. The Labute approximate surface area is 71.5 Å². The quantitative estimate of drug-likeness (QED) is 0.431. The van der Waals surface area contributed by atoms with Crippen molar-refractivity contribution < 1.29 is 21.7 Å². The normalized spacial score (nSPS) is 9.22. The molecule has 0 radical (unpaired) electrons. The predicted octanol–water partition coefficient (Wildman–Crippen LogP) is 2.53. The topological polar surface area (TPSA) is 0 Å². The van der Waals surface area contributed by atoms with E-state index in [1.807, 2.05) is 0 Å². The molecule has 0 aliphatic heterocycles. The van der Waals surface area contributed by atoms with E-state index >= 15 is 0 Å². The van der Waals surface area contributed by atoms with Gasteiger partial charge in [0.15, 0.2) is 0 Å². The fourth-order valence-corrected chi connectivity index (χ4v) is 0.774. The van der Waals surface area contributed by atoms with Gasteiger partial charge in [0.25, 0.3) is 0 Å². The van der Waals surface area contributed by atoms with E-state index < -0.39 is 0 Å². The van der Waals surface area contributed by atoms with Crippen molar-refractivity contribution in [1.29, 1.82) is 0 Å². The SMILES string of the molecule is CC(C)[c-]1cccc1.[Ti]. The molecule has 0 amide bonds. The van der Waals surface area contributed by atoms with Gasteiger partial charge in [-0.3, -0.25) is 0 Å². The number of hydrogen-bond acceptors (Lipinski definition) is 0. The predicted molar refractivity (Wildman–Crippen MR) is 36.1 cm³/mol. The second-order valence-electron chi connectivity index (χ2n) is 2.37. The van der Waals surface area contributed by atoms with Gasteiger partial charge in [-0.15, -0.1) is 0 Å². The van der Waals surface area contributed by atoms with Crippen LogP contribution in [0, 0.1) is 0 Å². The third kappa shape index (κ3) is 2.42. The first-order valence-electron chi connectivity index (χ1n) is 3.02. The van der Waals surface area contributed by atoms with Gasteiger partial charge in [-0.2, -0.15) is 17.7 Å². The third-order valence-corrected chi connectivity index (χ3v) is 1.36. The molecule has 0 fully saturated rings. The molecule has 0 bridgehead atoms. The zero-order chi connectivity index (χ0) is 5.98. The van der Waals surface area contributed by atoms with Crippen LogP contribution < -0.4 is 0 Å². The molecule has 0 nitrogen and oxygen atoms in total. The molecule has 0 heterocycles. The second kappa shape index (κ2) is 3.97. The largest absolute Gasteiger partial charge is 0.213 e. The van der Waals surface area contributed by atoms with Gasteiger partial charge in [-0.25, -0.2) is 12.1 Å². The van der Waals surface area contributed by atoms with Crippen molar-refractivity contribution in [3.05, 3.63) is 29.8 Å². The van der Waals surface area contributed by atoms with Crippen LogP contribution >= 0.6 is 0 Å². The van der Waals surface area contributed by atoms with Crippen LogP contribution in [0.4, 0.5) is 0 Å². The molecule has 0 aliphatic rings. The van der Waals surface area contributed by atoms with Crippen molar-refractivity contribution >= 4 is 0 Å².